The van der Waals surface area contributed by atoms with Gasteiger partial charge in [-0.25, -0.2) is 0 Å². The number of fused-ring (bicyclic) bond motifs is 1. The molecule has 0 radical (unpaired) electrons. The van der Waals surface area contributed by atoms with Gasteiger partial charge in [-0.05, 0) is 24.6 Å². The highest BCUT2D eigenvalue weighted by atomic mass is 14.6. The number of hydrogen-bond acceptors (Lipinski definition) is 1. The van der Waals surface area contributed by atoms with Gasteiger partial charge in [0.25, 0.3) is 0 Å². The molecule has 54 valence electrons. The molecule has 0 fully saturated rings. The Balaban J connectivity index is 0.000000720. The van der Waals surface area contributed by atoms with Crippen LogP contribution in [0.4, 0.5) is 0 Å². The van der Waals surface area contributed by atoms with Gasteiger partial charge in [0.1, 0.15) is 0 Å². The molecule has 0 aliphatic carbocycles. The summed E-state index contributed by atoms with van der Waals surface area (Å²) in [5, 5.41) is 1.22. The lowest BCUT2D eigenvalue weighted by Gasteiger charge is -1.95. The van der Waals surface area contributed by atoms with Crippen molar-refractivity contribution in [3.05, 3.63) is 42.1 Å². The van der Waals surface area contributed by atoms with E-state index in [1.807, 2.05) is 24.4 Å². The second-order valence-electron chi connectivity index (χ2n) is 2.71. The van der Waals surface area contributed by atoms with Crippen LogP contribution in [-0.2, 0) is 0 Å². The molecule has 1 nitrogen and oxygen atoms in total. The van der Waals surface area contributed by atoms with Crippen molar-refractivity contribution in [3.8, 4) is 0 Å². The van der Waals surface area contributed by atoms with Gasteiger partial charge < -0.3 is 0 Å². The molecule has 0 saturated carbocycles. The van der Waals surface area contributed by atoms with Crippen LogP contribution in [0.15, 0.2) is 36.5 Å². The molecule has 2 rings (SSSR count). The zero-order valence-corrected chi connectivity index (χ0v) is 6.41. The van der Waals surface area contributed by atoms with Gasteiger partial charge in [-0.15, -0.1) is 0 Å². The quantitative estimate of drug-likeness (QED) is 0.554. The summed E-state index contributed by atoms with van der Waals surface area (Å²) in [6.07, 6.45) is 1.89. The molecule has 0 aliphatic rings. The van der Waals surface area contributed by atoms with Crippen molar-refractivity contribution >= 4 is 10.9 Å². The van der Waals surface area contributed by atoms with Crippen LogP contribution in [0, 0.1) is 6.92 Å². The first-order chi connectivity index (χ1) is 5.36. The van der Waals surface area contributed by atoms with Crippen LogP contribution < -0.4 is 0 Å². The van der Waals surface area contributed by atoms with Crippen LogP contribution in [-0.4, -0.2) is 4.98 Å². The van der Waals surface area contributed by atoms with Crippen molar-refractivity contribution in [2.24, 2.45) is 0 Å². The van der Waals surface area contributed by atoms with Gasteiger partial charge in [0.05, 0.1) is 5.52 Å². The Morgan fingerprint density at radius 3 is 3.00 bits per heavy atom. The summed E-state index contributed by atoms with van der Waals surface area (Å²) in [6.45, 7) is 2.06. The highest BCUT2D eigenvalue weighted by Crippen LogP contribution is 2.11. The molecule has 1 heterocycles. The minimum Gasteiger partial charge on any atom is -0.256 e. The average molecular weight is 144 g/mol. The van der Waals surface area contributed by atoms with Gasteiger partial charge in [0.2, 0.25) is 0 Å². The third kappa shape index (κ3) is 1.09. The van der Waals surface area contributed by atoms with Crippen LogP contribution >= 0.6 is 0 Å². The lowest BCUT2D eigenvalue weighted by Crippen LogP contribution is -1.78. The van der Waals surface area contributed by atoms with E-state index >= 15 is 0 Å². The molecule has 0 bridgehead atoms. The Morgan fingerprint density at radius 1 is 1.27 bits per heavy atom. The number of para-hydroxylation sites is 1. The van der Waals surface area contributed by atoms with Crippen molar-refractivity contribution in [3.63, 3.8) is 0 Å². The molecule has 0 aliphatic heterocycles. The second-order valence-corrected chi connectivity index (χ2v) is 2.71. The van der Waals surface area contributed by atoms with Gasteiger partial charge in [-0.2, -0.15) is 0 Å². The summed E-state index contributed by atoms with van der Waals surface area (Å²) in [7, 11) is 0. The maximum Gasteiger partial charge on any atom is 1.00 e. The molecule has 11 heavy (non-hydrogen) atoms. The lowest BCUT2D eigenvalue weighted by molar-refractivity contribution is 1.33. The first-order valence-corrected chi connectivity index (χ1v) is 3.68. The van der Waals surface area contributed by atoms with Crippen LogP contribution in [0.3, 0.4) is 0 Å². The Hall–Kier alpha value is -1.37. The molecule has 1 heteroatoms. The van der Waals surface area contributed by atoms with Crippen molar-refractivity contribution < 1.29 is 1.43 Å². The summed E-state index contributed by atoms with van der Waals surface area (Å²) in [6, 6.07) is 10.3. The van der Waals surface area contributed by atoms with E-state index in [-0.39, 0.29) is 1.43 Å². The number of rotatable bonds is 0. The SMILES string of the molecule is Cc1cnc2ccccc2c1.[H+]. The zero-order valence-electron chi connectivity index (χ0n) is 7.41. The maximum absolute atomic E-state index is 4.28. The number of benzene rings is 1. The highest BCUT2D eigenvalue weighted by Gasteiger charge is 1.90. The number of hydrogen-bond donors (Lipinski definition) is 0. The fourth-order valence-electron chi connectivity index (χ4n) is 1.18. The first kappa shape index (κ1) is 6.35. The standard InChI is InChI=1S/C10H9N/c1-8-6-9-4-2-3-5-10(9)11-7-8/h2-7H,1H3/p+1. The smallest absolute Gasteiger partial charge is 0.256 e. The van der Waals surface area contributed by atoms with E-state index < -0.39 is 0 Å². The van der Waals surface area contributed by atoms with Gasteiger partial charge in [-0.1, -0.05) is 18.2 Å². The molecule has 0 N–H and O–H groups in total. The van der Waals surface area contributed by atoms with E-state index in [4.69, 9.17) is 0 Å². The first-order valence-electron chi connectivity index (χ1n) is 3.68. The number of aryl methyl sites for hydroxylation is 1. The van der Waals surface area contributed by atoms with Crippen LogP contribution in [0.25, 0.3) is 10.9 Å². The zero-order chi connectivity index (χ0) is 7.68. The van der Waals surface area contributed by atoms with E-state index in [9.17, 15) is 0 Å². The van der Waals surface area contributed by atoms with Gasteiger partial charge in [0.15, 0.2) is 0 Å². The Bertz CT molecular complexity index is 384. The molecular formula is C10H10N+. The molecule has 0 unspecified atom stereocenters. The van der Waals surface area contributed by atoms with Gasteiger partial charge in [0, 0.05) is 11.6 Å². The lowest BCUT2D eigenvalue weighted by atomic mass is 10.2. The van der Waals surface area contributed by atoms with E-state index in [0.717, 1.165) is 5.52 Å². The Morgan fingerprint density at radius 2 is 2.09 bits per heavy atom. The molecule has 1 aromatic carbocycles. The summed E-state index contributed by atoms with van der Waals surface area (Å²) in [5.74, 6) is 0. The molecule has 0 spiro atoms. The second kappa shape index (κ2) is 2.35. The van der Waals surface area contributed by atoms with E-state index in [1.165, 1.54) is 10.9 Å². The summed E-state index contributed by atoms with van der Waals surface area (Å²) < 4.78 is 0. The van der Waals surface area contributed by atoms with Crippen molar-refractivity contribution in [1.82, 2.24) is 4.98 Å². The summed E-state index contributed by atoms with van der Waals surface area (Å²) in [5.41, 5.74) is 2.28. The Kier molecular flexibility index (Phi) is 1.35. The highest BCUT2D eigenvalue weighted by molar-refractivity contribution is 5.78. The number of nitrogens with zero attached hydrogens (tertiary/aromatic N) is 1. The predicted octanol–water partition coefficient (Wildman–Crippen LogP) is 2.66. The fourth-order valence-corrected chi connectivity index (χ4v) is 1.18. The largest absolute Gasteiger partial charge is 1.00 e. The van der Waals surface area contributed by atoms with Gasteiger partial charge in [-0.3, -0.25) is 4.98 Å². The molecule has 0 amide bonds. The van der Waals surface area contributed by atoms with E-state index in [2.05, 4.69) is 24.0 Å². The predicted molar refractivity (Wildman–Crippen MR) is 47.6 cm³/mol. The minimum atomic E-state index is 0. The molecular weight excluding hydrogens is 134 g/mol. The normalized spacial score (nSPS) is 10.3. The topological polar surface area (TPSA) is 12.9 Å². The third-order valence-electron chi connectivity index (χ3n) is 1.73. The van der Waals surface area contributed by atoms with Gasteiger partial charge >= 0.3 is 1.43 Å². The molecule has 0 saturated heterocycles. The fraction of sp³-hybridized carbons (Fsp3) is 0.100. The van der Waals surface area contributed by atoms with Crippen molar-refractivity contribution in [1.29, 1.82) is 0 Å². The molecule has 1 aromatic heterocycles. The van der Waals surface area contributed by atoms with Crippen LogP contribution in [0.2, 0.25) is 0 Å². The van der Waals surface area contributed by atoms with Crippen LogP contribution in [0.1, 0.15) is 6.99 Å². The molecule has 2 aromatic rings. The summed E-state index contributed by atoms with van der Waals surface area (Å²) in [4.78, 5) is 4.28. The monoisotopic (exact) mass is 144 g/mol. The maximum atomic E-state index is 4.28. The van der Waals surface area contributed by atoms with Crippen LogP contribution in [0.5, 0.6) is 0 Å². The molecule has 0 atom stereocenters. The van der Waals surface area contributed by atoms with E-state index in [0.29, 0.717) is 0 Å². The Labute approximate surface area is 67.2 Å². The number of aromatic nitrogens is 1. The number of pyridine rings is 1. The third-order valence-corrected chi connectivity index (χ3v) is 1.73. The summed E-state index contributed by atoms with van der Waals surface area (Å²) >= 11 is 0. The van der Waals surface area contributed by atoms with E-state index in [1.54, 1.807) is 0 Å². The van der Waals surface area contributed by atoms with Crippen molar-refractivity contribution in [2.45, 2.75) is 6.92 Å². The average Bonchev–Trinajstić information content (AvgIpc) is 2.04. The van der Waals surface area contributed by atoms with Crippen molar-refractivity contribution in [2.75, 3.05) is 0 Å². The minimum absolute atomic E-state index is 0.